The Morgan fingerprint density at radius 3 is 2.37 bits per heavy atom. The second-order valence-corrected chi connectivity index (χ2v) is 18.4. The zero-order chi connectivity index (χ0) is 44.4. The molecule has 3 aromatic rings. The molecule has 14 heteroatoms. The van der Waals surface area contributed by atoms with Gasteiger partial charge < -0.3 is 38.9 Å². The first-order valence-electron chi connectivity index (χ1n) is 21.5. The summed E-state index contributed by atoms with van der Waals surface area (Å²) >= 11 is 1.66. The molecular formula is C48H61N3O10S. The Kier molecular flexibility index (Phi) is 15.8. The summed E-state index contributed by atoms with van der Waals surface area (Å²) in [6, 6.07) is 19.2. The van der Waals surface area contributed by atoms with Crippen LogP contribution in [0.4, 0.5) is 10.5 Å². The molecule has 1 aliphatic heterocycles. The molecule has 3 aliphatic rings. The van der Waals surface area contributed by atoms with Gasteiger partial charge in [0.25, 0.3) is 5.69 Å². The third-order valence-corrected chi connectivity index (χ3v) is 12.6. The highest BCUT2D eigenvalue weighted by molar-refractivity contribution is 7.98. The Bertz CT molecular complexity index is 2070. The van der Waals surface area contributed by atoms with E-state index in [2.05, 4.69) is 18.7 Å². The number of unbranched alkanes of at least 4 members (excludes halogenated alkanes) is 2. The molecule has 1 heterocycles. The number of benzene rings is 3. The van der Waals surface area contributed by atoms with Gasteiger partial charge in [0.05, 0.1) is 29.8 Å². The number of aliphatic hydroxyl groups excluding tert-OH is 2. The van der Waals surface area contributed by atoms with Crippen LogP contribution in [0.5, 0.6) is 17.2 Å². The van der Waals surface area contributed by atoms with E-state index in [-0.39, 0.29) is 68.3 Å². The van der Waals surface area contributed by atoms with Gasteiger partial charge in [0.2, 0.25) is 5.79 Å². The summed E-state index contributed by atoms with van der Waals surface area (Å²) in [7, 11) is 1.70. The summed E-state index contributed by atoms with van der Waals surface area (Å²) in [6.07, 6.45) is 10.1. The van der Waals surface area contributed by atoms with Crippen LogP contribution < -0.4 is 9.47 Å². The number of hydrogen-bond acceptors (Lipinski definition) is 12. The summed E-state index contributed by atoms with van der Waals surface area (Å²) in [6.45, 7) is 10.5. The van der Waals surface area contributed by atoms with E-state index in [0.29, 0.717) is 41.4 Å². The number of thioether (sulfide) groups is 1. The molecule has 2 aliphatic carbocycles. The van der Waals surface area contributed by atoms with E-state index in [1.807, 2.05) is 63.4 Å². The molecule has 0 saturated heterocycles. The maximum Gasteiger partial charge on any atom is 0.410 e. The Morgan fingerprint density at radius 2 is 1.73 bits per heavy atom. The molecule has 1 amide bonds. The van der Waals surface area contributed by atoms with E-state index in [9.17, 15) is 25.1 Å². The van der Waals surface area contributed by atoms with Gasteiger partial charge in [-0.25, -0.2) is 4.79 Å². The van der Waals surface area contributed by atoms with Gasteiger partial charge in [-0.15, -0.1) is 18.3 Å². The standard InChI is InChI=1S/C48H61N3O10S/c1-7-26-58-48-43(50(5)46(54)57-31-47(2,3)4)29-41(49-59-30-32-14-16-34(17-15-32)51(55)56)39-27-33(12-8-10-24-52)38(13-9-11-25-53)44(45(39)48)40-28-36(20-23-42(40)61-48)60-35-18-21-37(62-6)22-19-35/h7,14-23,27-28,33,38,43-45,52-53H,1,8-13,24-26,29-31H2,2-6H3/t33-,38+,43-,44+,45+,48+/m0/s1. The molecular weight excluding hydrogens is 811 g/mol. The van der Waals surface area contributed by atoms with E-state index in [0.717, 1.165) is 41.7 Å². The van der Waals surface area contributed by atoms with E-state index in [1.165, 1.54) is 12.1 Å². The van der Waals surface area contributed by atoms with Crippen LogP contribution in [0.1, 0.15) is 82.8 Å². The van der Waals surface area contributed by atoms with Crippen LogP contribution in [0.15, 0.2) is 101 Å². The smallest absolute Gasteiger partial charge is 0.410 e. The number of allylic oxidation sites excluding steroid dienone is 1. The summed E-state index contributed by atoms with van der Waals surface area (Å²) in [5.41, 5.74) is 2.83. The molecule has 0 bridgehead atoms. The summed E-state index contributed by atoms with van der Waals surface area (Å²) < 4.78 is 26.6. The summed E-state index contributed by atoms with van der Waals surface area (Å²) in [5.74, 6) is -0.191. The molecule has 0 radical (unpaired) electrons. The van der Waals surface area contributed by atoms with Crippen LogP contribution in [-0.4, -0.2) is 83.4 Å². The maximum absolute atomic E-state index is 14.1. The highest BCUT2D eigenvalue weighted by Gasteiger charge is 2.65. The Balaban J connectivity index is 1.53. The molecule has 0 aromatic heterocycles. The van der Waals surface area contributed by atoms with Crippen molar-refractivity contribution in [1.29, 1.82) is 0 Å². The van der Waals surface area contributed by atoms with Crippen molar-refractivity contribution in [3.8, 4) is 17.2 Å². The lowest BCUT2D eigenvalue weighted by Crippen LogP contribution is -2.69. The van der Waals surface area contributed by atoms with Crippen molar-refractivity contribution in [2.24, 2.45) is 28.3 Å². The monoisotopic (exact) mass is 871 g/mol. The summed E-state index contributed by atoms with van der Waals surface area (Å²) in [4.78, 5) is 33.8. The second-order valence-electron chi connectivity index (χ2n) is 17.5. The average Bonchev–Trinajstić information content (AvgIpc) is 3.26. The first-order valence-corrected chi connectivity index (χ1v) is 22.7. The van der Waals surface area contributed by atoms with Crippen LogP contribution >= 0.6 is 11.8 Å². The number of carbonyl (C=O) groups excluding carboxylic acids is 1. The van der Waals surface area contributed by atoms with Crippen molar-refractivity contribution >= 4 is 29.3 Å². The van der Waals surface area contributed by atoms with Crippen LogP contribution in [0, 0.1) is 33.3 Å². The molecule has 13 nitrogen and oxygen atoms in total. The Morgan fingerprint density at radius 1 is 1.03 bits per heavy atom. The van der Waals surface area contributed by atoms with Gasteiger partial charge in [-0.3, -0.25) is 10.1 Å². The lowest BCUT2D eigenvalue weighted by Gasteiger charge is -2.59. The zero-order valence-corrected chi connectivity index (χ0v) is 37.3. The van der Waals surface area contributed by atoms with E-state index in [4.69, 9.17) is 28.9 Å². The van der Waals surface area contributed by atoms with Crippen LogP contribution in [-0.2, 0) is 20.9 Å². The fourth-order valence-electron chi connectivity index (χ4n) is 8.98. The number of nitro groups is 1. The van der Waals surface area contributed by atoms with E-state index in [1.54, 1.807) is 41.9 Å². The zero-order valence-electron chi connectivity index (χ0n) is 36.5. The minimum Gasteiger partial charge on any atom is -0.459 e. The topological polar surface area (TPSA) is 162 Å². The number of ether oxygens (including phenoxy) is 4. The predicted octanol–water partition coefficient (Wildman–Crippen LogP) is 10.1. The quantitative estimate of drug-likeness (QED) is 0.0365. The molecule has 6 atom stereocenters. The van der Waals surface area contributed by atoms with Crippen LogP contribution in [0.25, 0.3) is 0 Å². The molecule has 2 N–H and O–H groups in total. The number of oxime groups is 1. The number of fused-ring (bicyclic) bond motifs is 2. The Labute approximate surface area is 369 Å². The van der Waals surface area contributed by atoms with Crippen molar-refractivity contribution in [2.45, 2.75) is 95.0 Å². The largest absolute Gasteiger partial charge is 0.459 e. The van der Waals surface area contributed by atoms with E-state index < -0.39 is 28.8 Å². The lowest BCUT2D eigenvalue weighted by molar-refractivity contribution is -0.384. The molecule has 0 spiro atoms. The van der Waals surface area contributed by atoms with Gasteiger partial charge in [0, 0.05) is 55.2 Å². The van der Waals surface area contributed by atoms with Gasteiger partial charge in [-0.1, -0.05) is 50.9 Å². The Hall–Kier alpha value is -4.89. The normalized spacial score (nSPS) is 23.3. The molecule has 0 unspecified atom stereocenters. The minimum absolute atomic E-state index is 0.0220. The first kappa shape index (κ1) is 46.6. The number of carbonyl (C=O) groups is 1. The molecule has 6 rings (SSSR count). The number of hydrogen-bond donors (Lipinski definition) is 2. The average molecular weight is 872 g/mol. The number of rotatable bonds is 20. The van der Waals surface area contributed by atoms with Crippen LogP contribution in [0.2, 0.25) is 0 Å². The van der Waals surface area contributed by atoms with Crippen LogP contribution in [0.3, 0.4) is 0 Å². The molecule has 3 aromatic carbocycles. The van der Waals surface area contributed by atoms with Crippen molar-refractivity contribution in [2.75, 3.05) is 39.7 Å². The van der Waals surface area contributed by atoms with Crippen molar-refractivity contribution in [1.82, 2.24) is 4.90 Å². The van der Waals surface area contributed by atoms with E-state index >= 15 is 0 Å². The number of aliphatic hydroxyl groups is 2. The third-order valence-electron chi connectivity index (χ3n) is 11.9. The number of nitrogens with zero attached hydrogens (tertiary/aromatic N) is 3. The van der Waals surface area contributed by atoms with Gasteiger partial charge in [-0.2, -0.15) is 0 Å². The summed E-state index contributed by atoms with van der Waals surface area (Å²) in [5, 5.41) is 36.0. The maximum atomic E-state index is 14.1. The van der Waals surface area contributed by atoms with Crippen molar-refractivity contribution in [3.63, 3.8) is 0 Å². The van der Waals surface area contributed by atoms with Gasteiger partial charge in [-0.05, 0) is 115 Å². The van der Waals surface area contributed by atoms with Crippen molar-refractivity contribution in [3.05, 3.63) is 112 Å². The van der Waals surface area contributed by atoms with Gasteiger partial charge >= 0.3 is 6.09 Å². The number of non-ortho nitro benzene ring substituents is 1. The number of amides is 1. The SMILES string of the molecule is C=CCO[C@@]12Oc3ccc(Oc4ccc(SC)cc4)cc3[C@H]3[C@H](CCCCO)[C@@H](CCCCO)C=C(C(=NOCc4ccc([N+](=O)[O-])cc4)C[C@@H]1N(C)C(=O)OCC(C)(C)C)[C@H]32. The second kappa shape index (κ2) is 21.0. The lowest BCUT2D eigenvalue weighted by atomic mass is 9.55. The first-order chi connectivity index (χ1) is 29.8. The minimum atomic E-state index is -1.44. The fourth-order valence-corrected chi connectivity index (χ4v) is 9.39. The molecule has 1 fully saturated rings. The number of likely N-dealkylation sites (N-methyl/N-ethyl adjacent to an activating group) is 1. The number of nitro benzene ring substituents is 1. The molecule has 1 saturated carbocycles. The molecule has 62 heavy (non-hydrogen) atoms. The van der Waals surface area contributed by atoms with Crippen molar-refractivity contribution < 1.29 is 43.7 Å². The fraction of sp³-hybridized carbons (Fsp3) is 0.500. The molecule has 334 valence electrons. The highest BCUT2D eigenvalue weighted by atomic mass is 32.2. The van der Waals surface area contributed by atoms with Gasteiger partial charge in [0.15, 0.2) is 0 Å². The third kappa shape index (κ3) is 10.8. The predicted molar refractivity (Wildman–Crippen MR) is 240 cm³/mol. The van der Waals surface area contributed by atoms with Gasteiger partial charge in [0.1, 0.15) is 29.9 Å². The highest BCUT2D eigenvalue weighted by Crippen LogP contribution is 2.62.